The van der Waals surface area contributed by atoms with Crippen molar-refractivity contribution in [2.45, 2.75) is 75.0 Å². The van der Waals surface area contributed by atoms with Crippen LogP contribution in [0.25, 0.3) is 66.1 Å². The predicted octanol–water partition coefficient (Wildman–Crippen LogP) is 17.1. The highest BCUT2D eigenvalue weighted by molar-refractivity contribution is 7.99. The minimum atomic E-state index is -0.306. The summed E-state index contributed by atoms with van der Waals surface area (Å²) in [5, 5.41) is 4.33. The summed E-state index contributed by atoms with van der Waals surface area (Å²) in [7, 11) is 0. The van der Waals surface area contributed by atoms with E-state index in [0.29, 0.717) is 0 Å². The average molecular weight is 937 g/mol. The molecule has 0 N–H and O–H groups in total. The van der Waals surface area contributed by atoms with Gasteiger partial charge in [0.05, 0.1) is 15.4 Å². The zero-order valence-corrected chi connectivity index (χ0v) is 41.4. The van der Waals surface area contributed by atoms with Gasteiger partial charge in [0.25, 0.3) is 0 Å². The van der Waals surface area contributed by atoms with E-state index in [0.717, 1.165) is 117 Å². The van der Waals surface area contributed by atoms with Crippen LogP contribution in [-0.4, -0.2) is 6.85 Å². The second-order valence-electron chi connectivity index (χ2n) is 21.5. The smallest absolute Gasteiger partial charge is 0.333 e. The van der Waals surface area contributed by atoms with Gasteiger partial charge in [-0.15, -0.1) is 0 Å². The van der Waals surface area contributed by atoms with Gasteiger partial charge in [0.1, 0.15) is 33.8 Å². The molecule has 0 atom stereocenters. The number of fused-ring (bicyclic) bond motifs is 15. The summed E-state index contributed by atoms with van der Waals surface area (Å²) < 4.78 is 21.4. The Balaban J connectivity index is 1.14. The van der Waals surface area contributed by atoms with E-state index in [1.165, 1.54) is 44.4 Å². The molecule has 342 valence electrons. The molecule has 0 saturated heterocycles. The summed E-state index contributed by atoms with van der Waals surface area (Å²) in [5.74, 6) is 1.74. The van der Waals surface area contributed by atoms with E-state index in [2.05, 4.69) is 215 Å². The zero-order valence-electron chi connectivity index (χ0n) is 40.6. The number of para-hydroxylation sites is 3. The van der Waals surface area contributed by atoms with E-state index in [1.807, 2.05) is 0 Å². The van der Waals surface area contributed by atoms with Crippen LogP contribution in [0.15, 0.2) is 182 Å². The van der Waals surface area contributed by atoms with Crippen LogP contribution in [0.5, 0.6) is 11.5 Å². The van der Waals surface area contributed by atoms with Crippen molar-refractivity contribution in [3.05, 3.63) is 186 Å². The third kappa shape index (κ3) is 5.78. The first-order chi connectivity index (χ1) is 34.5. The van der Waals surface area contributed by atoms with E-state index < -0.39 is 0 Å². The number of hydrogen-bond acceptors (Lipinski definition) is 6. The maximum atomic E-state index is 7.26. The maximum absolute atomic E-state index is 7.26. The summed E-state index contributed by atoms with van der Waals surface area (Å²) in [4.78, 5) is 7.41. The minimum absolute atomic E-state index is 0.0141. The van der Waals surface area contributed by atoms with Gasteiger partial charge in [-0.25, -0.2) is 0 Å². The molecule has 5 heterocycles. The number of anilines is 5. The maximum Gasteiger partial charge on any atom is 0.333 e. The van der Waals surface area contributed by atoms with Crippen molar-refractivity contribution in [3.8, 4) is 33.8 Å². The Hall–Kier alpha value is -7.61. The Morgan fingerprint density at radius 2 is 1.17 bits per heavy atom. The quantitative estimate of drug-likeness (QED) is 0.164. The van der Waals surface area contributed by atoms with Crippen LogP contribution in [0.1, 0.15) is 62.8 Å². The Bertz CT molecular complexity index is 4130. The number of aryl methyl sites for hydroxylation is 2. The molecule has 0 radical (unpaired) electrons. The molecule has 0 bridgehead atoms. The fraction of sp³-hybridized carbons (Fsp3) is 0.156. The van der Waals surface area contributed by atoms with Gasteiger partial charge in [-0.1, -0.05) is 136 Å². The molecule has 4 aliphatic rings. The van der Waals surface area contributed by atoms with Crippen LogP contribution in [0.4, 0.5) is 28.4 Å². The molecule has 3 aliphatic heterocycles. The molecule has 0 saturated carbocycles. The summed E-state index contributed by atoms with van der Waals surface area (Å²) >= 11 is 1.79. The molecule has 0 unspecified atom stereocenters. The van der Waals surface area contributed by atoms with Crippen LogP contribution in [0.3, 0.4) is 0 Å². The number of benzene rings is 9. The number of hydrogen-bond donors (Lipinski definition) is 0. The second kappa shape index (κ2) is 14.5. The van der Waals surface area contributed by atoms with E-state index in [9.17, 15) is 0 Å². The van der Waals surface area contributed by atoms with Gasteiger partial charge >= 0.3 is 6.85 Å². The molecular weight excluding hydrogens is 888 g/mol. The van der Waals surface area contributed by atoms with Crippen molar-refractivity contribution in [1.29, 1.82) is 0 Å². The van der Waals surface area contributed by atoms with Crippen molar-refractivity contribution in [1.82, 2.24) is 0 Å². The first kappa shape index (κ1) is 41.2. The van der Waals surface area contributed by atoms with Crippen molar-refractivity contribution >= 4 is 102 Å². The van der Waals surface area contributed by atoms with Gasteiger partial charge in [-0.2, -0.15) is 0 Å². The van der Waals surface area contributed by atoms with E-state index in [4.69, 9.17) is 13.6 Å². The molecule has 0 spiro atoms. The fourth-order valence-corrected chi connectivity index (χ4v) is 13.6. The van der Waals surface area contributed by atoms with Gasteiger partial charge < -0.3 is 23.3 Å². The molecule has 2 aromatic heterocycles. The van der Waals surface area contributed by atoms with Crippen LogP contribution in [-0.2, 0) is 10.8 Å². The molecule has 1 aliphatic carbocycles. The highest BCUT2D eigenvalue weighted by atomic mass is 32.2. The van der Waals surface area contributed by atoms with Gasteiger partial charge in [-0.05, 0) is 137 Å². The summed E-state index contributed by atoms with van der Waals surface area (Å²) in [5.41, 5.74) is 21.2. The molecule has 9 aromatic carbocycles. The number of nitrogens with zero attached hydrogens (tertiary/aromatic N) is 2. The molecule has 71 heavy (non-hydrogen) atoms. The molecule has 5 nitrogen and oxygen atoms in total. The monoisotopic (exact) mass is 936 g/mol. The molecule has 7 heteroatoms. The summed E-state index contributed by atoms with van der Waals surface area (Å²) in [6.07, 6.45) is 2.27. The first-order valence-electron chi connectivity index (χ1n) is 25.0. The van der Waals surface area contributed by atoms with Crippen molar-refractivity contribution in [3.63, 3.8) is 0 Å². The SMILES string of the molecule is Cc1ccc(N2B3c4cc5c(cc4N(c4cc6c(cc4C)C(C)(C)CCC6(C)C)c4cc6c(oc7ccccc76)c(c43)-c3c2ccc2c3oc3ccccc32)Oc2ccccc2S5)c(-c2ccccc2)c1. The zero-order chi connectivity index (χ0) is 47.7. The Kier molecular flexibility index (Phi) is 8.41. The van der Waals surface area contributed by atoms with E-state index >= 15 is 0 Å². The minimum Gasteiger partial charge on any atom is -0.455 e. The summed E-state index contributed by atoms with van der Waals surface area (Å²) in [6.45, 7) is 13.9. The second-order valence-corrected chi connectivity index (χ2v) is 22.6. The topological polar surface area (TPSA) is 42.0 Å². The van der Waals surface area contributed by atoms with Crippen molar-refractivity contribution < 1.29 is 13.6 Å². The number of ether oxygens (including phenoxy) is 1. The first-order valence-corrected chi connectivity index (χ1v) is 25.8. The fourth-order valence-electron chi connectivity index (χ4n) is 12.7. The van der Waals surface area contributed by atoms with Gasteiger partial charge in [0.2, 0.25) is 0 Å². The molecule has 0 amide bonds. The van der Waals surface area contributed by atoms with Crippen LogP contribution in [0.2, 0.25) is 0 Å². The molecule has 0 fully saturated rings. The number of rotatable bonds is 3. The van der Waals surface area contributed by atoms with Crippen molar-refractivity contribution in [2.75, 3.05) is 9.71 Å². The van der Waals surface area contributed by atoms with Gasteiger partial charge in [0.15, 0.2) is 0 Å². The van der Waals surface area contributed by atoms with Gasteiger partial charge in [0, 0.05) is 67.2 Å². The van der Waals surface area contributed by atoms with Crippen LogP contribution >= 0.6 is 11.8 Å². The third-order valence-corrected chi connectivity index (χ3v) is 17.4. The van der Waals surface area contributed by atoms with E-state index in [-0.39, 0.29) is 17.7 Å². The standard InChI is InChI=1S/C64H49BN2O3S/c1-36-24-26-47(42(30-36)38-16-8-7-9-17-38)67-48-27-25-41-39-18-10-12-20-52(39)69-61(41)58(48)59-60-51(32-43-40-19-11-13-21-53(40)70-62(43)59)66(49-33-45-44(31-37(49)2)63(3,4)28-29-64(45,5)6)50-35-55-57(34-46(50)65(60)67)71-56-23-15-14-22-54(56)68-55/h7-27,30-35H,28-29H2,1-6H3. The average Bonchev–Trinajstić information content (AvgIpc) is 3.96. The Morgan fingerprint density at radius 3 is 1.94 bits per heavy atom. The normalized spacial score (nSPS) is 15.8. The lowest BCUT2D eigenvalue weighted by Crippen LogP contribution is -2.61. The van der Waals surface area contributed by atoms with E-state index in [1.54, 1.807) is 11.8 Å². The molecule has 15 rings (SSSR count). The van der Waals surface area contributed by atoms with Crippen LogP contribution in [0, 0.1) is 13.8 Å². The Morgan fingerprint density at radius 1 is 0.507 bits per heavy atom. The number of furan rings is 2. The highest BCUT2D eigenvalue weighted by Crippen LogP contribution is 2.57. The van der Waals surface area contributed by atoms with Gasteiger partial charge in [-0.3, -0.25) is 0 Å². The highest BCUT2D eigenvalue weighted by Gasteiger charge is 2.49. The summed E-state index contributed by atoms with van der Waals surface area (Å²) in [6, 6.07) is 60.1. The molecule has 11 aromatic rings. The largest absolute Gasteiger partial charge is 0.455 e. The lowest BCUT2D eigenvalue weighted by molar-refractivity contribution is 0.332. The lowest BCUT2D eigenvalue weighted by Gasteiger charge is -2.47. The predicted molar refractivity (Wildman–Crippen MR) is 296 cm³/mol. The van der Waals surface area contributed by atoms with Crippen molar-refractivity contribution in [2.24, 2.45) is 0 Å². The Labute approximate surface area is 417 Å². The molecular formula is C64H49BN2O3S. The lowest BCUT2D eigenvalue weighted by atomic mass is 9.43. The van der Waals surface area contributed by atoms with Crippen LogP contribution < -0.4 is 25.4 Å². The third-order valence-electron chi connectivity index (χ3n) is 16.3.